The number of rotatable bonds is 1. The van der Waals surface area contributed by atoms with Crippen molar-refractivity contribution >= 4 is 6.09 Å². The maximum absolute atomic E-state index is 10.7. The minimum atomic E-state index is -0.752. The second-order valence-corrected chi connectivity index (χ2v) is 4.06. The smallest absolute Gasteiger partial charge is 0.407 e. The summed E-state index contributed by atoms with van der Waals surface area (Å²) in [4.78, 5) is 14.7. The maximum Gasteiger partial charge on any atom is 0.407 e. The zero-order chi connectivity index (χ0) is 9.42. The lowest BCUT2D eigenvalue weighted by Gasteiger charge is -2.17. The van der Waals surface area contributed by atoms with Crippen LogP contribution in [-0.2, 0) is 0 Å². The van der Waals surface area contributed by atoms with Crippen LogP contribution >= 0.6 is 0 Å². The van der Waals surface area contributed by atoms with Crippen molar-refractivity contribution in [2.24, 2.45) is 11.8 Å². The number of hydrogen-bond donors (Lipinski definition) is 1. The van der Waals surface area contributed by atoms with Crippen molar-refractivity contribution in [1.29, 1.82) is 0 Å². The molecule has 0 aromatic rings. The van der Waals surface area contributed by atoms with Gasteiger partial charge in [-0.25, -0.2) is 4.79 Å². The molecule has 2 aliphatic heterocycles. The minimum absolute atomic E-state index is 0.594. The summed E-state index contributed by atoms with van der Waals surface area (Å²) in [6.45, 7) is 6.93. The first-order chi connectivity index (χ1) is 6.20. The Morgan fingerprint density at radius 1 is 1.31 bits per heavy atom. The van der Waals surface area contributed by atoms with E-state index in [0.717, 1.165) is 32.7 Å². The highest BCUT2D eigenvalue weighted by molar-refractivity contribution is 5.65. The third kappa shape index (κ3) is 1.50. The Morgan fingerprint density at radius 2 is 1.85 bits per heavy atom. The van der Waals surface area contributed by atoms with E-state index < -0.39 is 6.09 Å². The summed E-state index contributed by atoms with van der Waals surface area (Å²) >= 11 is 0. The zero-order valence-corrected chi connectivity index (χ0v) is 7.94. The van der Waals surface area contributed by atoms with Crippen LogP contribution in [0.5, 0.6) is 0 Å². The van der Waals surface area contributed by atoms with Crippen LogP contribution in [0.1, 0.15) is 6.92 Å². The van der Waals surface area contributed by atoms with Gasteiger partial charge in [0.2, 0.25) is 0 Å². The maximum atomic E-state index is 10.7. The average molecular weight is 184 g/mol. The van der Waals surface area contributed by atoms with E-state index in [9.17, 15) is 4.79 Å². The first-order valence-electron chi connectivity index (χ1n) is 4.91. The van der Waals surface area contributed by atoms with Crippen LogP contribution in [0.15, 0.2) is 0 Å². The van der Waals surface area contributed by atoms with Crippen molar-refractivity contribution in [1.82, 2.24) is 9.80 Å². The van der Waals surface area contributed by atoms with Gasteiger partial charge in [0.05, 0.1) is 0 Å². The van der Waals surface area contributed by atoms with Crippen LogP contribution < -0.4 is 0 Å². The molecule has 0 bridgehead atoms. The Hall–Kier alpha value is -0.770. The fourth-order valence-corrected chi connectivity index (χ4v) is 2.50. The number of carbonyl (C=O) groups is 1. The predicted molar refractivity (Wildman–Crippen MR) is 48.7 cm³/mol. The van der Waals surface area contributed by atoms with E-state index in [4.69, 9.17) is 5.11 Å². The lowest BCUT2D eigenvalue weighted by Crippen LogP contribution is -2.32. The molecule has 2 fully saturated rings. The Kier molecular flexibility index (Phi) is 2.15. The summed E-state index contributed by atoms with van der Waals surface area (Å²) in [7, 11) is 0. The molecule has 0 aromatic carbocycles. The quantitative estimate of drug-likeness (QED) is 0.647. The van der Waals surface area contributed by atoms with Gasteiger partial charge in [0.15, 0.2) is 0 Å². The number of likely N-dealkylation sites (tertiary alicyclic amines) is 2. The molecular weight excluding hydrogens is 168 g/mol. The molecule has 74 valence electrons. The van der Waals surface area contributed by atoms with Gasteiger partial charge in [-0.2, -0.15) is 0 Å². The van der Waals surface area contributed by atoms with E-state index in [0.29, 0.717) is 11.8 Å². The SMILES string of the molecule is CCN1C[C@@H]2CN(C(=O)O)C[C@@H]2C1. The lowest BCUT2D eigenvalue weighted by atomic mass is 10.0. The summed E-state index contributed by atoms with van der Waals surface area (Å²) in [6, 6.07) is 0. The molecular formula is C9H16N2O2. The summed E-state index contributed by atoms with van der Waals surface area (Å²) in [5, 5.41) is 8.80. The first-order valence-corrected chi connectivity index (χ1v) is 4.91. The second-order valence-electron chi connectivity index (χ2n) is 4.06. The molecule has 4 heteroatoms. The van der Waals surface area contributed by atoms with E-state index in [1.54, 1.807) is 4.90 Å². The van der Waals surface area contributed by atoms with Crippen LogP contribution in [0.3, 0.4) is 0 Å². The van der Waals surface area contributed by atoms with Gasteiger partial charge in [-0.1, -0.05) is 6.92 Å². The molecule has 2 aliphatic rings. The molecule has 0 spiro atoms. The number of nitrogens with zero attached hydrogens (tertiary/aromatic N) is 2. The molecule has 1 N–H and O–H groups in total. The fraction of sp³-hybridized carbons (Fsp3) is 0.889. The highest BCUT2D eigenvalue weighted by Gasteiger charge is 2.40. The highest BCUT2D eigenvalue weighted by atomic mass is 16.4. The topological polar surface area (TPSA) is 43.8 Å². The molecule has 2 saturated heterocycles. The van der Waals surface area contributed by atoms with E-state index in [2.05, 4.69) is 11.8 Å². The van der Waals surface area contributed by atoms with Gasteiger partial charge >= 0.3 is 6.09 Å². The van der Waals surface area contributed by atoms with Crippen molar-refractivity contribution in [3.63, 3.8) is 0 Å². The molecule has 0 aliphatic carbocycles. The normalized spacial score (nSPS) is 33.8. The van der Waals surface area contributed by atoms with Crippen LogP contribution in [0.4, 0.5) is 4.79 Å². The summed E-state index contributed by atoms with van der Waals surface area (Å²) in [5.74, 6) is 1.19. The Labute approximate surface area is 78.1 Å². The molecule has 4 nitrogen and oxygen atoms in total. The second kappa shape index (κ2) is 3.18. The van der Waals surface area contributed by atoms with Crippen LogP contribution in [0, 0.1) is 11.8 Å². The predicted octanol–water partition coefficient (Wildman–Crippen LogP) is 0.548. The van der Waals surface area contributed by atoms with Crippen LogP contribution in [0.2, 0.25) is 0 Å². The monoisotopic (exact) mass is 184 g/mol. The molecule has 2 heterocycles. The molecule has 0 radical (unpaired) electrons. The van der Waals surface area contributed by atoms with Crippen molar-refractivity contribution in [3.8, 4) is 0 Å². The molecule has 0 unspecified atom stereocenters. The fourth-order valence-electron chi connectivity index (χ4n) is 2.50. The van der Waals surface area contributed by atoms with Crippen LogP contribution in [0.25, 0.3) is 0 Å². The molecule has 2 rings (SSSR count). The minimum Gasteiger partial charge on any atom is -0.465 e. The third-order valence-corrected chi connectivity index (χ3v) is 3.28. The largest absolute Gasteiger partial charge is 0.465 e. The zero-order valence-electron chi connectivity index (χ0n) is 7.94. The molecule has 13 heavy (non-hydrogen) atoms. The summed E-state index contributed by atoms with van der Waals surface area (Å²) in [5.41, 5.74) is 0. The number of hydrogen-bond acceptors (Lipinski definition) is 2. The number of carboxylic acid groups (broad SMARTS) is 1. The van der Waals surface area contributed by atoms with E-state index >= 15 is 0 Å². The third-order valence-electron chi connectivity index (χ3n) is 3.28. The van der Waals surface area contributed by atoms with Crippen molar-refractivity contribution < 1.29 is 9.90 Å². The van der Waals surface area contributed by atoms with Crippen molar-refractivity contribution in [2.75, 3.05) is 32.7 Å². The summed E-state index contributed by atoms with van der Waals surface area (Å²) < 4.78 is 0. The van der Waals surface area contributed by atoms with Gasteiger partial charge in [0, 0.05) is 26.2 Å². The van der Waals surface area contributed by atoms with Gasteiger partial charge in [0.25, 0.3) is 0 Å². The average Bonchev–Trinajstić information content (AvgIpc) is 2.58. The van der Waals surface area contributed by atoms with E-state index in [-0.39, 0.29) is 0 Å². The van der Waals surface area contributed by atoms with Gasteiger partial charge in [-0.3, -0.25) is 0 Å². The number of fused-ring (bicyclic) bond motifs is 1. The Balaban J connectivity index is 1.93. The first kappa shape index (κ1) is 8.81. The van der Waals surface area contributed by atoms with Crippen molar-refractivity contribution in [2.45, 2.75) is 6.92 Å². The van der Waals surface area contributed by atoms with Gasteiger partial charge in [0.1, 0.15) is 0 Å². The van der Waals surface area contributed by atoms with Crippen LogP contribution in [-0.4, -0.2) is 53.7 Å². The Bertz CT molecular complexity index is 206. The summed E-state index contributed by atoms with van der Waals surface area (Å²) in [6.07, 6.45) is -0.752. The van der Waals surface area contributed by atoms with E-state index in [1.807, 2.05) is 0 Å². The lowest BCUT2D eigenvalue weighted by molar-refractivity contribution is 0.149. The molecule has 0 aromatic heterocycles. The van der Waals surface area contributed by atoms with Crippen molar-refractivity contribution in [3.05, 3.63) is 0 Å². The van der Waals surface area contributed by atoms with Gasteiger partial charge < -0.3 is 14.9 Å². The molecule has 1 amide bonds. The number of amides is 1. The molecule has 2 atom stereocenters. The highest BCUT2D eigenvalue weighted by Crippen LogP contribution is 2.30. The van der Waals surface area contributed by atoms with Gasteiger partial charge in [-0.05, 0) is 18.4 Å². The molecule has 0 saturated carbocycles. The Morgan fingerprint density at radius 3 is 2.23 bits per heavy atom. The standard InChI is InChI=1S/C9H16N2O2/c1-2-10-3-7-5-11(9(12)13)6-8(7)4-10/h7-8H,2-6H2,1H3,(H,12,13)/t7-,8+. The van der Waals surface area contributed by atoms with Gasteiger partial charge in [-0.15, -0.1) is 0 Å². The van der Waals surface area contributed by atoms with E-state index in [1.165, 1.54) is 0 Å².